The molecular formula is C14H16BrFN2O4. The molecule has 0 aliphatic rings. The third kappa shape index (κ3) is 6.66. The van der Waals surface area contributed by atoms with Crippen molar-refractivity contribution in [2.75, 3.05) is 13.1 Å². The number of aliphatic carboxylic acids is 1. The number of carboxylic acid groups (broad SMARTS) is 1. The first-order valence-electron chi connectivity index (χ1n) is 6.62. The highest BCUT2D eigenvalue weighted by molar-refractivity contribution is 9.10. The van der Waals surface area contributed by atoms with Crippen LogP contribution in [-0.2, 0) is 9.59 Å². The molecule has 22 heavy (non-hydrogen) atoms. The summed E-state index contributed by atoms with van der Waals surface area (Å²) in [6.45, 7) is 0.376. The highest BCUT2D eigenvalue weighted by atomic mass is 79.9. The highest BCUT2D eigenvalue weighted by Gasteiger charge is 2.11. The number of rotatable bonds is 8. The number of hydrogen-bond acceptors (Lipinski definition) is 3. The molecule has 0 fully saturated rings. The van der Waals surface area contributed by atoms with E-state index in [9.17, 15) is 18.8 Å². The van der Waals surface area contributed by atoms with Crippen molar-refractivity contribution in [1.29, 1.82) is 0 Å². The highest BCUT2D eigenvalue weighted by Crippen LogP contribution is 2.17. The van der Waals surface area contributed by atoms with Crippen LogP contribution in [0.15, 0.2) is 22.7 Å². The monoisotopic (exact) mass is 374 g/mol. The quantitative estimate of drug-likeness (QED) is 0.603. The van der Waals surface area contributed by atoms with Gasteiger partial charge in [-0.15, -0.1) is 0 Å². The molecule has 0 unspecified atom stereocenters. The van der Waals surface area contributed by atoms with Gasteiger partial charge in [0.25, 0.3) is 5.91 Å². The van der Waals surface area contributed by atoms with Gasteiger partial charge in [-0.25, -0.2) is 4.39 Å². The molecular weight excluding hydrogens is 359 g/mol. The molecule has 0 aliphatic heterocycles. The Morgan fingerprint density at radius 3 is 2.55 bits per heavy atom. The van der Waals surface area contributed by atoms with Gasteiger partial charge in [-0.2, -0.15) is 0 Å². The lowest BCUT2D eigenvalue weighted by Gasteiger charge is -2.07. The van der Waals surface area contributed by atoms with Crippen molar-refractivity contribution in [3.63, 3.8) is 0 Å². The summed E-state index contributed by atoms with van der Waals surface area (Å²) in [4.78, 5) is 33.6. The molecule has 1 rings (SSSR count). The molecule has 1 aromatic rings. The topological polar surface area (TPSA) is 95.5 Å². The van der Waals surface area contributed by atoms with E-state index in [1.807, 2.05) is 0 Å². The van der Waals surface area contributed by atoms with E-state index in [2.05, 4.69) is 26.6 Å². The summed E-state index contributed by atoms with van der Waals surface area (Å²) in [6.07, 6.45) is 0.403. The first-order chi connectivity index (χ1) is 10.4. The van der Waals surface area contributed by atoms with Crippen LogP contribution in [0.5, 0.6) is 0 Å². The van der Waals surface area contributed by atoms with Crippen LogP contribution in [0.2, 0.25) is 0 Å². The van der Waals surface area contributed by atoms with Crippen LogP contribution in [0.4, 0.5) is 4.39 Å². The molecule has 0 aliphatic carbocycles. The van der Waals surface area contributed by atoms with Gasteiger partial charge in [-0.05, 0) is 40.5 Å². The zero-order valence-electron chi connectivity index (χ0n) is 11.7. The molecule has 120 valence electrons. The molecule has 1 aromatic carbocycles. The molecule has 3 N–H and O–H groups in total. The Morgan fingerprint density at radius 1 is 1.14 bits per heavy atom. The van der Waals surface area contributed by atoms with Gasteiger partial charge < -0.3 is 15.7 Å². The number of hydrogen-bond donors (Lipinski definition) is 3. The second-order valence-electron chi connectivity index (χ2n) is 4.48. The fourth-order valence-corrected chi connectivity index (χ4v) is 2.04. The third-order valence-electron chi connectivity index (χ3n) is 2.70. The van der Waals surface area contributed by atoms with Gasteiger partial charge in [0.2, 0.25) is 5.91 Å². The van der Waals surface area contributed by atoms with E-state index < -0.39 is 17.7 Å². The van der Waals surface area contributed by atoms with Crippen molar-refractivity contribution in [2.45, 2.75) is 19.3 Å². The Balaban J connectivity index is 2.28. The van der Waals surface area contributed by atoms with E-state index in [4.69, 9.17) is 5.11 Å². The number of amides is 2. The second-order valence-corrected chi connectivity index (χ2v) is 5.33. The van der Waals surface area contributed by atoms with Gasteiger partial charge in [0.15, 0.2) is 0 Å². The molecule has 0 heterocycles. The number of carboxylic acids is 1. The van der Waals surface area contributed by atoms with E-state index in [0.29, 0.717) is 10.9 Å². The maximum absolute atomic E-state index is 13.1. The lowest BCUT2D eigenvalue weighted by Crippen LogP contribution is -2.31. The summed E-state index contributed by atoms with van der Waals surface area (Å²) < 4.78 is 13.5. The lowest BCUT2D eigenvalue weighted by atomic mass is 10.2. The Bertz CT molecular complexity index is 566. The van der Waals surface area contributed by atoms with Gasteiger partial charge in [0, 0.05) is 30.4 Å². The zero-order valence-corrected chi connectivity index (χ0v) is 13.3. The van der Waals surface area contributed by atoms with Crippen molar-refractivity contribution < 1.29 is 23.9 Å². The van der Waals surface area contributed by atoms with Crippen LogP contribution >= 0.6 is 15.9 Å². The average molecular weight is 375 g/mol. The summed E-state index contributed by atoms with van der Waals surface area (Å²) in [6, 6.07) is 3.76. The van der Waals surface area contributed by atoms with E-state index in [0.717, 1.165) is 6.07 Å². The minimum Gasteiger partial charge on any atom is -0.481 e. The van der Waals surface area contributed by atoms with Gasteiger partial charge >= 0.3 is 5.97 Å². The molecule has 0 atom stereocenters. The van der Waals surface area contributed by atoms with E-state index in [1.54, 1.807) is 0 Å². The number of nitrogens with one attached hydrogen (secondary N) is 2. The Kier molecular flexibility index (Phi) is 7.51. The van der Waals surface area contributed by atoms with Gasteiger partial charge in [0.1, 0.15) is 5.82 Å². The molecule has 0 saturated carbocycles. The maximum atomic E-state index is 13.1. The van der Waals surface area contributed by atoms with Crippen LogP contribution in [-0.4, -0.2) is 36.0 Å². The standard InChI is InChI=1S/C14H16BrFN2O4/c15-11-4-3-9(16)8-10(11)14(22)18-7-5-12(19)17-6-1-2-13(20)21/h3-4,8H,1-2,5-7H2,(H,17,19)(H,18,22)(H,20,21). The number of halogens is 2. The van der Waals surface area contributed by atoms with Crippen molar-refractivity contribution in [1.82, 2.24) is 10.6 Å². The van der Waals surface area contributed by atoms with E-state index in [-0.39, 0.29) is 37.4 Å². The largest absolute Gasteiger partial charge is 0.481 e. The fraction of sp³-hybridized carbons (Fsp3) is 0.357. The summed E-state index contributed by atoms with van der Waals surface area (Å²) in [5.74, 6) is -2.21. The predicted molar refractivity (Wildman–Crippen MR) is 80.9 cm³/mol. The summed E-state index contributed by atoms with van der Waals surface area (Å²) in [5, 5.41) is 13.5. The predicted octanol–water partition coefficient (Wildman–Crippen LogP) is 1.69. The van der Waals surface area contributed by atoms with Crippen LogP contribution in [0.3, 0.4) is 0 Å². The summed E-state index contributed by atoms with van der Waals surface area (Å²) in [5.41, 5.74) is 0.155. The SMILES string of the molecule is O=C(O)CCCNC(=O)CCNC(=O)c1cc(F)ccc1Br. The van der Waals surface area contributed by atoms with Gasteiger partial charge in [0.05, 0.1) is 5.56 Å². The minimum atomic E-state index is -0.915. The Morgan fingerprint density at radius 2 is 1.86 bits per heavy atom. The summed E-state index contributed by atoms with van der Waals surface area (Å²) in [7, 11) is 0. The average Bonchev–Trinajstić information content (AvgIpc) is 2.46. The minimum absolute atomic E-state index is 0.00931. The van der Waals surface area contributed by atoms with Crippen LogP contribution in [0.25, 0.3) is 0 Å². The number of carbonyl (C=O) groups is 3. The fourth-order valence-electron chi connectivity index (χ4n) is 1.61. The first kappa shape index (κ1) is 18.1. The third-order valence-corrected chi connectivity index (χ3v) is 3.39. The zero-order chi connectivity index (χ0) is 16.5. The van der Waals surface area contributed by atoms with Crippen LogP contribution in [0.1, 0.15) is 29.6 Å². The molecule has 6 nitrogen and oxygen atoms in total. The smallest absolute Gasteiger partial charge is 0.303 e. The molecule has 0 saturated heterocycles. The normalized spacial score (nSPS) is 10.1. The molecule has 8 heteroatoms. The lowest BCUT2D eigenvalue weighted by molar-refractivity contribution is -0.137. The van der Waals surface area contributed by atoms with Crippen molar-refractivity contribution in [3.8, 4) is 0 Å². The van der Waals surface area contributed by atoms with E-state index in [1.165, 1.54) is 12.1 Å². The Hall–Kier alpha value is -1.96. The summed E-state index contributed by atoms with van der Waals surface area (Å²) >= 11 is 3.15. The van der Waals surface area contributed by atoms with Gasteiger partial charge in [-0.1, -0.05) is 0 Å². The van der Waals surface area contributed by atoms with Gasteiger partial charge in [-0.3, -0.25) is 14.4 Å². The molecule has 2 amide bonds. The van der Waals surface area contributed by atoms with Crippen molar-refractivity contribution in [2.24, 2.45) is 0 Å². The Labute approximate surface area is 135 Å². The molecule has 0 aromatic heterocycles. The molecule has 0 spiro atoms. The first-order valence-corrected chi connectivity index (χ1v) is 7.41. The number of carbonyl (C=O) groups excluding carboxylic acids is 2. The van der Waals surface area contributed by atoms with Crippen LogP contribution < -0.4 is 10.6 Å². The van der Waals surface area contributed by atoms with Crippen LogP contribution in [0, 0.1) is 5.82 Å². The second kappa shape index (κ2) is 9.14. The molecule has 0 bridgehead atoms. The molecule has 0 radical (unpaired) electrons. The number of benzene rings is 1. The van der Waals surface area contributed by atoms with Crippen molar-refractivity contribution in [3.05, 3.63) is 34.1 Å². The van der Waals surface area contributed by atoms with Crippen molar-refractivity contribution >= 4 is 33.7 Å². The van der Waals surface area contributed by atoms with E-state index >= 15 is 0 Å². The maximum Gasteiger partial charge on any atom is 0.303 e.